The number of hydrogen-bond donors (Lipinski definition) is 0. The van der Waals surface area contributed by atoms with Gasteiger partial charge in [0.15, 0.2) is 0 Å². The molecule has 1 heteroatoms. The topological polar surface area (TPSA) is 9.23 Å². The SMILES string of the molecule is C=C(OC(C)(C)CC)C(C)(C)CC. The zero-order valence-electron chi connectivity index (χ0n) is 10.0. The van der Waals surface area contributed by atoms with Gasteiger partial charge in [0.1, 0.15) is 5.60 Å². The van der Waals surface area contributed by atoms with Crippen LogP contribution in [0.15, 0.2) is 12.3 Å². The van der Waals surface area contributed by atoms with Gasteiger partial charge in [-0.2, -0.15) is 0 Å². The van der Waals surface area contributed by atoms with Crippen molar-refractivity contribution in [3.63, 3.8) is 0 Å². The minimum atomic E-state index is -0.0798. The first-order valence-electron chi connectivity index (χ1n) is 5.13. The lowest BCUT2D eigenvalue weighted by Gasteiger charge is -2.33. The molecule has 0 heterocycles. The molecule has 0 bridgehead atoms. The number of rotatable bonds is 5. The van der Waals surface area contributed by atoms with Crippen LogP contribution in [0.5, 0.6) is 0 Å². The summed E-state index contributed by atoms with van der Waals surface area (Å²) < 4.78 is 5.85. The van der Waals surface area contributed by atoms with Crippen LogP contribution in [-0.4, -0.2) is 5.60 Å². The maximum absolute atomic E-state index is 5.85. The van der Waals surface area contributed by atoms with E-state index in [4.69, 9.17) is 4.74 Å². The van der Waals surface area contributed by atoms with Gasteiger partial charge >= 0.3 is 0 Å². The Balaban J connectivity index is 4.31. The van der Waals surface area contributed by atoms with Crippen LogP contribution in [0, 0.1) is 5.41 Å². The van der Waals surface area contributed by atoms with E-state index >= 15 is 0 Å². The first-order chi connectivity index (χ1) is 5.75. The average molecular weight is 184 g/mol. The molecule has 0 saturated carbocycles. The maximum Gasteiger partial charge on any atom is 0.103 e. The molecule has 0 aromatic carbocycles. The maximum atomic E-state index is 5.85. The van der Waals surface area contributed by atoms with Crippen LogP contribution in [0.1, 0.15) is 54.4 Å². The zero-order valence-corrected chi connectivity index (χ0v) is 10.0. The van der Waals surface area contributed by atoms with Gasteiger partial charge in [0.05, 0.1) is 5.76 Å². The van der Waals surface area contributed by atoms with Crippen molar-refractivity contribution in [3.05, 3.63) is 12.3 Å². The predicted octanol–water partition coefficient (Wildman–Crippen LogP) is 4.14. The Bertz CT molecular complexity index is 178. The highest BCUT2D eigenvalue weighted by Crippen LogP contribution is 2.33. The molecular weight excluding hydrogens is 160 g/mol. The molecule has 0 fully saturated rings. The van der Waals surface area contributed by atoms with Gasteiger partial charge in [-0.15, -0.1) is 0 Å². The van der Waals surface area contributed by atoms with E-state index in [0.29, 0.717) is 0 Å². The third-order valence-electron chi connectivity index (χ3n) is 2.89. The molecule has 0 N–H and O–H groups in total. The van der Waals surface area contributed by atoms with E-state index < -0.39 is 0 Å². The molecule has 1 nitrogen and oxygen atoms in total. The Morgan fingerprint density at radius 1 is 1.08 bits per heavy atom. The van der Waals surface area contributed by atoms with Crippen LogP contribution in [-0.2, 0) is 4.74 Å². The lowest BCUT2D eigenvalue weighted by molar-refractivity contribution is 0.00104. The summed E-state index contributed by atoms with van der Waals surface area (Å²) in [6.45, 7) is 16.8. The van der Waals surface area contributed by atoms with Gasteiger partial charge in [-0.3, -0.25) is 0 Å². The largest absolute Gasteiger partial charge is 0.492 e. The van der Waals surface area contributed by atoms with Gasteiger partial charge < -0.3 is 4.74 Å². The van der Waals surface area contributed by atoms with E-state index in [0.717, 1.165) is 18.6 Å². The van der Waals surface area contributed by atoms with Crippen LogP contribution >= 0.6 is 0 Å². The van der Waals surface area contributed by atoms with Crippen molar-refractivity contribution in [2.75, 3.05) is 0 Å². The molecule has 0 unspecified atom stereocenters. The second kappa shape index (κ2) is 4.17. The second-order valence-electron chi connectivity index (χ2n) is 4.88. The summed E-state index contributed by atoms with van der Waals surface area (Å²) in [5.41, 5.74) is 0.00988. The average Bonchev–Trinajstić information content (AvgIpc) is 2.04. The van der Waals surface area contributed by atoms with Crippen molar-refractivity contribution in [2.24, 2.45) is 5.41 Å². The van der Waals surface area contributed by atoms with E-state index in [2.05, 4.69) is 48.1 Å². The van der Waals surface area contributed by atoms with Crippen LogP contribution in [0.3, 0.4) is 0 Å². The smallest absolute Gasteiger partial charge is 0.103 e. The summed E-state index contributed by atoms with van der Waals surface area (Å²) in [6.07, 6.45) is 2.07. The quantitative estimate of drug-likeness (QED) is 0.583. The number of allylic oxidation sites excluding steroid dienone is 1. The summed E-state index contributed by atoms with van der Waals surface area (Å²) in [5, 5.41) is 0. The van der Waals surface area contributed by atoms with Crippen LogP contribution < -0.4 is 0 Å². The highest BCUT2D eigenvalue weighted by atomic mass is 16.5. The Kier molecular flexibility index (Phi) is 4.02. The van der Waals surface area contributed by atoms with E-state index in [1.807, 2.05) is 0 Å². The fourth-order valence-electron chi connectivity index (χ4n) is 0.741. The molecule has 0 radical (unpaired) electrons. The van der Waals surface area contributed by atoms with E-state index in [1.165, 1.54) is 0 Å². The van der Waals surface area contributed by atoms with Crippen LogP contribution in [0.4, 0.5) is 0 Å². The molecule has 13 heavy (non-hydrogen) atoms. The summed E-state index contributed by atoms with van der Waals surface area (Å²) >= 11 is 0. The number of ether oxygens (including phenoxy) is 1. The Hall–Kier alpha value is -0.460. The predicted molar refractivity (Wildman–Crippen MR) is 58.7 cm³/mol. The lowest BCUT2D eigenvalue weighted by atomic mass is 9.88. The Morgan fingerprint density at radius 3 is 1.85 bits per heavy atom. The van der Waals surface area contributed by atoms with Crippen molar-refractivity contribution in [1.29, 1.82) is 0 Å². The lowest BCUT2D eigenvalue weighted by Crippen LogP contribution is -2.27. The molecule has 0 aliphatic rings. The molecule has 0 aliphatic heterocycles. The molecule has 0 aromatic heterocycles. The molecule has 0 aromatic rings. The van der Waals surface area contributed by atoms with E-state index in [1.54, 1.807) is 0 Å². The van der Waals surface area contributed by atoms with Gasteiger partial charge in [0.2, 0.25) is 0 Å². The van der Waals surface area contributed by atoms with Gasteiger partial charge in [-0.05, 0) is 26.7 Å². The minimum absolute atomic E-state index is 0.0798. The molecule has 0 aliphatic carbocycles. The standard InChI is InChI=1S/C12H24O/c1-8-11(4,5)10(3)13-12(6,7)9-2/h3,8-9H2,1-2,4-7H3. The van der Waals surface area contributed by atoms with Gasteiger partial charge in [-0.1, -0.05) is 34.3 Å². The Labute approximate surface area is 83.2 Å². The number of hydrogen-bond acceptors (Lipinski definition) is 1. The van der Waals surface area contributed by atoms with E-state index in [-0.39, 0.29) is 11.0 Å². The van der Waals surface area contributed by atoms with Gasteiger partial charge in [0, 0.05) is 5.41 Å². The van der Waals surface area contributed by atoms with Crippen molar-refractivity contribution >= 4 is 0 Å². The fourth-order valence-corrected chi connectivity index (χ4v) is 0.741. The molecule has 0 spiro atoms. The van der Waals surface area contributed by atoms with E-state index in [9.17, 15) is 0 Å². The van der Waals surface area contributed by atoms with Crippen LogP contribution in [0.2, 0.25) is 0 Å². The summed E-state index contributed by atoms with van der Waals surface area (Å²) in [5.74, 6) is 0.904. The summed E-state index contributed by atoms with van der Waals surface area (Å²) in [7, 11) is 0. The first-order valence-corrected chi connectivity index (χ1v) is 5.13. The zero-order chi connectivity index (χ0) is 10.7. The van der Waals surface area contributed by atoms with Crippen molar-refractivity contribution in [1.82, 2.24) is 0 Å². The second-order valence-corrected chi connectivity index (χ2v) is 4.88. The van der Waals surface area contributed by atoms with Crippen molar-refractivity contribution in [2.45, 2.75) is 60.0 Å². The molecule has 0 amide bonds. The molecule has 0 saturated heterocycles. The fraction of sp³-hybridized carbons (Fsp3) is 0.833. The van der Waals surface area contributed by atoms with Crippen LogP contribution in [0.25, 0.3) is 0 Å². The highest BCUT2D eigenvalue weighted by molar-refractivity contribution is 4.99. The third kappa shape index (κ3) is 3.84. The third-order valence-corrected chi connectivity index (χ3v) is 2.89. The molecule has 0 rings (SSSR count). The minimum Gasteiger partial charge on any atom is -0.492 e. The summed E-state index contributed by atoms with van der Waals surface area (Å²) in [4.78, 5) is 0. The van der Waals surface area contributed by atoms with Gasteiger partial charge in [0.25, 0.3) is 0 Å². The first kappa shape index (κ1) is 12.5. The Morgan fingerprint density at radius 2 is 1.54 bits per heavy atom. The molecule has 78 valence electrons. The van der Waals surface area contributed by atoms with Crippen molar-refractivity contribution < 1.29 is 4.74 Å². The monoisotopic (exact) mass is 184 g/mol. The normalized spacial score (nSPS) is 12.8. The summed E-state index contributed by atoms with van der Waals surface area (Å²) in [6, 6.07) is 0. The molecular formula is C12H24O. The highest BCUT2D eigenvalue weighted by Gasteiger charge is 2.26. The molecule has 0 atom stereocenters. The van der Waals surface area contributed by atoms with Crippen molar-refractivity contribution in [3.8, 4) is 0 Å². The van der Waals surface area contributed by atoms with Gasteiger partial charge in [-0.25, -0.2) is 0 Å².